The molecule has 1 aliphatic rings. The van der Waals surface area contributed by atoms with Crippen LogP contribution in [0.1, 0.15) is 5.56 Å². The molecule has 0 spiro atoms. The molecule has 150 valence electrons. The maximum atomic E-state index is 5.47. The first-order valence-corrected chi connectivity index (χ1v) is 8.97. The highest BCUT2D eigenvalue weighted by Crippen LogP contribution is 2.41. The van der Waals surface area contributed by atoms with E-state index < -0.39 is 0 Å². The Morgan fingerprint density at radius 1 is 1.10 bits per heavy atom. The van der Waals surface area contributed by atoms with Gasteiger partial charge in [-0.1, -0.05) is 0 Å². The molecule has 0 amide bonds. The Morgan fingerprint density at radius 3 is 2.69 bits per heavy atom. The highest BCUT2D eigenvalue weighted by Gasteiger charge is 2.20. The van der Waals surface area contributed by atoms with Crippen LogP contribution in [-0.2, 0) is 0 Å². The first kappa shape index (κ1) is 18.8. The molecule has 4 rings (SSSR count). The number of rotatable bonds is 6. The summed E-state index contributed by atoms with van der Waals surface area (Å²) in [7, 11) is 4.74. The number of aromatic nitrogens is 3. The fourth-order valence-corrected chi connectivity index (χ4v) is 3.08. The molecule has 0 fully saturated rings. The zero-order valence-electron chi connectivity index (χ0n) is 16.0. The van der Waals surface area contributed by atoms with Crippen molar-refractivity contribution in [2.75, 3.05) is 28.1 Å². The number of hydrogen-bond donors (Lipinski definition) is 1. The second kappa shape index (κ2) is 7.84. The quantitative estimate of drug-likeness (QED) is 0.489. The third kappa shape index (κ3) is 3.49. The summed E-state index contributed by atoms with van der Waals surface area (Å²) in [5.74, 6) is 3.49. The van der Waals surface area contributed by atoms with Crippen LogP contribution in [0.5, 0.6) is 28.7 Å². The van der Waals surface area contributed by atoms with Crippen LogP contribution < -0.4 is 23.7 Å². The fourth-order valence-electron chi connectivity index (χ4n) is 2.91. The van der Waals surface area contributed by atoms with Crippen LogP contribution in [-0.4, -0.2) is 49.2 Å². The van der Waals surface area contributed by atoms with Gasteiger partial charge in [-0.25, -0.2) is 5.10 Å². The van der Waals surface area contributed by atoms with Crippen molar-refractivity contribution in [3.05, 3.63) is 40.7 Å². The molecule has 0 radical (unpaired) electrons. The van der Waals surface area contributed by atoms with E-state index in [9.17, 15) is 0 Å². The van der Waals surface area contributed by atoms with Crippen molar-refractivity contribution in [2.24, 2.45) is 5.10 Å². The number of methoxy groups -OCH3 is 3. The van der Waals surface area contributed by atoms with Crippen LogP contribution in [0.4, 0.5) is 0 Å². The van der Waals surface area contributed by atoms with Gasteiger partial charge in [0.25, 0.3) is 0 Å². The van der Waals surface area contributed by atoms with Gasteiger partial charge in [-0.2, -0.15) is 14.9 Å². The lowest BCUT2D eigenvalue weighted by molar-refractivity contribution is 0.171. The Labute approximate surface area is 171 Å². The molecule has 1 aromatic heterocycles. The van der Waals surface area contributed by atoms with Crippen molar-refractivity contribution in [1.29, 1.82) is 0 Å². The number of fused-ring (bicyclic) bond motifs is 1. The standard InChI is InChI=1S/C19H18N4O5S/c1-24-12-4-5-13(14(8-12)25-2)18-21-22-19(29)23(18)20-9-11-6-15(26-3)17-16(7-11)27-10-28-17/h4-9H,10H2,1-3H3,(H,22,29)/b20-9-. The van der Waals surface area contributed by atoms with E-state index >= 15 is 0 Å². The summed E-state index contributed by atoms with van der Waals surface area (Å²) >= 11 is 5.34. The molecule has 0 bridgehead atoms. The van der Waals surface area contributed by atoms with Crippen LogP contribution >= 0.6 is 12.2 Å². The lowest BCUT2D eigenvalue weighted by Gasteiger charge is -2.09. The third-order valence-electron chi connectivity index (χ3n) is 4.30. The van der Waals surface area contributed by atoms with Crippen molar-refractivity contribution < 1.29 is 23.7 Å². The summed E-state index contributed by atoms with van der Waals surface area (Å²) in [6, 6.07) is 9.02. The Balaban J connectivity index is 1.74. The van der Waals surface area contributed by atoms with Gasteiger partial charge in [0.1, 0.15) is 11.5 Å². The predicted molar refractivity (Wildman–Crippen MR) is 108 cm³/mol. The first-order valence-electron chi connectivity index (χ1n) is 8.56. The molecule has 10 heteroatoms. The highest BCUT2D eigenvalue weighted by atomic mass is 32.1. The summed E-state index contributed by atoms with van der Waals surface area (Å²) in [6.45, 7) is 0.153. The first-order chi connectivity index (χ1) is 14.1. The lowest BCUT2D eigenvalue weighted by atomic mass is 10.2. The van der Waals surface area contributed by atoms with Crippen LogP contribution in [0, 0.1) is 4.77 Å². The van der Waals surface area contributed by atoms with Gasteiger partial charge in [-0.15, -0.1) is 0 Å². The minimum atomic E-state index is 0.153. The number of H-pyrrole nitrogens is 1. The Kier molecular flexibility index (Phi) is 5.09. The summed E-state index contributed by atoms with van der Waals surface area (Å²) in [4.78, 5) is 0. The van der Waals surface area contributed by atoms with Gasteiger partial charge >= 0.3 is 0 Å². The summed E-state index contributed by atoms with van der Waals surface area (Å²) in [6.07, 6.45) is 1.63. The average Bonchev–Trinajstić information content (AvgIpc) is 3.37. The number of nitrogens with one attached hydrogen (secondary N) is 1. The van der Waals surface area contributed by atoms with Gasteiger partial charge in [-0.3, -0.25) is 0 Å². The average molecular weight is 414 g/mol. The van der Waals surface area contributed by atoms with Crippen molar-refractivity contribution in [2.45, 2.75) is 0 Å². The van der Waals surface area contributed by atoms with Crippen molar-refractivity contribution in [3.63, 3.8) is 0 Å². The van der Waals surface area contributed by atoms with Gasteiger partial charge in [0.15, 0.2) is 17.3 Å². The van der Waals surface area contributed by atoms with Crippen molar-refractivity contribution in [3.8, 4) is 40.1 Å². The van der Waals surface area contributed by atoms with E-state index in [-0.39, 0.29) is 6.79 Å². The molecule has 0 unspecified atom stereocenters. The summed E-state index contributed by atoms with van der Waals surface area (Å²) in [5, 5.41) is 11.5. The second-order valence-corrected chi connectivity index (χ2v) is 6.32. The molecule has 9 nitrogen and oxygen atoms in total. The van der Waals surface area contributed by atoms with Gasteiger partial charge in [0.05, 0.1) is 33.1 Å². The molecule has 0 saturated heterocycles. The molecule has 1 N–H and O–H groups in total. The molecule has 1 aliphatic heterocycles. The third-order valence-corrected chi connectivity index (χ3v) is 4.57. The zero-order valence-corrected chi connectivity index (χ0v) is 16.8. The van der Waals surface area contributed by atoms with Gasteiger partial charge in [-0.05, 0) is 36.5 Å². The van der Waals surface area contributed by atoms with Gasteiger partial charge < -0.3 is 23.7 Å². The number of ether oxygens (including phenoxy) is 5. The van der Waals surface area contributed by atoms with Crippen molar-refractivity contribution in [1.82, 2.24) is 14.9 Å². The van der Waals surface area contributed by atoms with E-state index in [1.54, 1.807) is 39.7 Å². The van der Waals surface area contributed by atoms with E-state index in [0.29, 0.717) is 44.9 Å². The molecule has 0 saturated carbocycles. The number of hydrogen-bond acceptors (Lipinski definition) is 8. The van der Waals surface area contributed by atoms with Crippen LogP contribution in [0.2, 0.25) is 0 Å². The number of nitrogens with zero attached hydrogens (tertiary/aromatic N) is 3. The van der Waals surface area contributed by atoms with Gasteiger partial charge in [0, 0.05) is 11.6 Å². The predicted octanol–water partition coefficient (Wildman–Crippen LogP) is 3.24. The van der Waals surface area contributed by atoms with Gasteiger partial charge in [0.2, 0.25) is 17.3 Å². The Hall–Kier alpha value is -3.53. The number of aromatic amines is 1. The molecule has 2 heterocycles. The largest absolute Gasteiger partial charge is 0.497 e. The smallest absolute Gasteiger partial charge is 0.231 e. The zero-order chi connectivity index (χ0) is 20.4. The van der Waals surface area contributed by atoms with Crippen LogP contribution in [0.3, 0.4) is 0 Å². The van der Waals surface area contributed by atoms with E-state index in [2.05, 4.69) is 15.3 Å². The van der Waals surface area contributed by atoms with Crippen LogP contribution in [0.15, 0.2) is 35.4 Å². The highest BCUT2D eigenvalue weighted by molar-refractivity contribution is 7.71. The Morgan fingerprint density at radius 2 is 1.93 bits per heavy atom. The molecule has 3 aromatic rings. The maximum Gasteiger partial charge on any atom is 0.231 e. The maximum absolute atomic E-state index is 5.47. The summed E-state index contributed by atoms with van der Waals surface area (Å²) in [5.41, 5.74) is 1.46. The van der Waals surface area contributed by atoms with E-state index in [4.69, 9.17) is 35.9 Å². The molecular formula is C19H18N4O5S. The fraction of sp³-hybridized carbons (Fsp3) is 0.211. The van der Waals surface area contributed by atoms with Crippen molar-refractivity contribution >= 4 is 18.4 Å². The second-order valence-electron chi connectivity index (χ2n) is 5.93. The molecule has 29 heavy (non-hydrogen) atoms. The van der Waals surface area contributed by atoms with E-state index in [1.807, 2.05) is 18.2 Å². The molecular weight excluding hydrogens is 396 g/mol. The minimum absolute atomic E-state index is 0.153. The normalized spacial score (nSPS) is 12.4. The topological polar surface area (TPSA) is 92.1 Å². The molecule has 2 aromatic carbocycles. The SMILES string of the molecule is COc1ccc(-c2n[nH]c(=S)n2/N=C\c2cc(OC)c3c(c2)OCO3)c(OC)c1. The number of benzene rings is 2. The molecule has 0 aliphatic carbocycles. The van der Waals surface area contributed by atoms with E-state index in [1.165, 1.54) is 4.68 Å². The van der Waals surface area contributed by atoms with Crippen LogP contribution in [0.25, 0.3) is 11.4 Å². The monoisotopic (exact) mass is 414 g/mol. The summed E-state index contributed by atoms with van der Waals surface area (Å²) < 4.78 is 28.8. The van der Waals surface area contributed by atoms with E-state index in [0.717, 1.165) is 5.56 Å². The molecule has 0 atom stereocenters. The minimum Gasteiger partial charge on any atom is -0.497 e. The Bertz CT molecular complexity index is 1140. The lowest BCUT2D eigenvalue weighted by Crippen LogP contribution is -1.98.